The van der Waals surface area contributed by atoms with Gasteiger partial charge in [-0.15, -0.1) is 0 Å². The van der Waals surface area contributed by atoms with Crippen LogP contribution in [0.2, 0.25) is 0 Å². The second-order valence-electron chi connectivity index (χ2n) is 5.22. The Morgan fingerprint density at radius 1 is 1.23 bits per heavy atom. The molecule has 4 atom stereocenters. The highest BCUT2D eigenvalue weighted by atomic mass is 16.6. The Bertz CT molecular complexity index is 803. The number of rotatable bonds is 3. The Balaban J connectivity index is 1.60. The fraction of sp³-hybridized carbons (Fsp3) is 0.286. The number of aliphatic hydroxyl groups is 1. The van der Waals surface area contributed by atoms with Crippen molar-refractivity contribution in [3.63, 3.8) is 0 Å². The van der Waals surface area contributed by atoms with Crippen molar-refractivity contribution in [3.8, 4) is 5.75 Å². The van der Waals surface area contributed by atoms with Crippen molar-refractivity contribution in [1.82, 2.24) is 0 Å². The second kappa shape index (κ2) is 4.21. The first kappa shape index (κ1) is 13.1. The van der Waals surface area contributed by atoms with Gasteiger partial charge >= 0.3 is 11.9 Å². The number of fused-ring (bicyclic) bond motifs is 4. The quantitative estimate of drug-likeness (QED) is 0.698. The van der Waals surface area contributed by atoms with Crippen molar-refractivity contribution in [1.29, 1.82) is 0 Å². The molecule has 0 amide bonds. The molecule has 2 aliphatic heterocycles. The summed E-state index contributed by atoms with van der Waals surface area (Å²) in [6.07, 6.45) is -1.67. The third-order valence-electron chi connectivity index (χ3n) is 3.97. The number of carbonyl (C=O) groups is 2. The second-order valence-corrected chi connectivity index (χ2v) is 5.22. The predicted molar refractivity (Wildman–Crippen MR) is 68.4 cm³/mol. The molecule has 1 fully saturated rings. The fourth-order valence-electron chi connectivity index (χ4n) is 2.92. The van der Waals surface area contributed by atoms with E-state index in [1.807, 2.05) is 0 Å². The monoisotopic (exact) mass is 306 g/mol. The van der Waals surface area contributed by atoms with E-state index in [1.54, 1.807) is 0 Å². The Hall–Kier alpha value is -2.58. The van der Waals surface area contributed by atoms with Gasteiger partial charge < -0.3 is 29.2 Å². The van der Waals surface area contributed by atoms with Crippen molar-refractivity contribution in [2.75, 3.05) is 0 Å². The van der Waals surface area contributed by atoms with E-state index in [4.69, 9.17) is 19.0 Å². The minimum absolute atomic E-state index is 0.0188. The van der Waals surface area contributed by atoms with Gasteiger partial charge in [0.1, 0.15) is 41.1 Å². The number of carbonyl (C=O) groups excluding carboxylic acids is 1. The minimum atomic E-state index is -1.24. The van der Waals surface area contributed by atoms with Crippen molar-refractivity contribution < 1.29 is 38.8 Å². The van der Waals surface area contributed by atoms with Crippen molar-refractivity contribution in [2.45, 2.75) is 18.3 Å². The molecular formula is C14H10O8. The summed E-state index contributed by atoms with van der Waals surface area (Å²) >= 11 is 0. The SMILES string of the molecule is O=C(OC1=CC2OC1C(C(=O)O)C2O)c1c(O)c2ccc1o2. The maximum atomic E-state index is 12.1. The number of aromatic hydroxyl groups is 1. The van der Waals surface area contributed by atoms with Crippen LogP contribution in [0.25, 0.3) is 11.2 Å². The molecule has 0 radical (unpaired) electrons. The van der Waals surface area contributed by atoms with Gasteiger partial charge in [0.15, 0.2) is 11.3 Å². The number of benzene rings is 1. The van der Waals surface area contributed by atoms with Crippen molar-refractivity contribution >= 4 is 23.1 Å². The molecule has 8 heteroatoms. The minimum Gasteiger partial charge on any atom is -0.504 e. The van der Waals surface area contributed by atoms with Crippen LogP contribution in [0.5, 0.6) is 5.75 Å². The topological polar surface area (TPSA) is 126 Å². The van der Waals surface area contributed by atoms with E-state index in [9.17, 15) is 19.8 Å². The predicted octanol–water partition coefficient (Wildman–Crippen LogP) is 0.460. The van der Waals surface area contributed by atoms with Gasteiger partial charge in [-0.1, -0.05) is 0 Å². The molecule has 0 aliphatic carbocycles. The number of hydrogen-bond acceptors (Lipinski definition) is 7. The Morgan fingerprint density at radius 3 is 2.55 bits per heavy atom. The average molecular weight is 306 g/mol. The smallest absolute Gasteiger partial charge is 0.351 e. The summed E-state index contributed by atoms with van der Waals surface area (Å²) in [6, 6.07) is 3.03. The highest BCUT2D eigenvalue weighted by Gasteiger charge is 2.54. The Labute approximate surface area is 122 Å². The van der Waals surface area contributed by atoms with E-state index in [0.29, 0.717) is 0 Å². The standard InChI is InChI=1S/C14H10O8/c15-10-5-2-1-4(20-5)8(10)14(19)22-7-3-6-11(16)9(13(17)18)12(7)21-6/h1-3,6,9,11-12,15-16H,(H,17,18). The van der Waals surface area contributed by atoms with Crippen LogP contribution in [0.1, 0.15) is 10.4 Å². The van der Waals surface area contributed by atoms with Crippen molar-refractivity contribution in [3.05, 3.63) is 29.5 Å². The molecule has 3 N–H and O–H groups in total. The van der Waals surface area contributed by atoms with Gasteiger partial charge in [0.25, 0.3) is 0 Å². The van der Waals surface area contributed by atoms with E-state index in [0.717, 1.165) is 0 Å². The summed E-state index contributed by atoms with van der Waals surface area (Å²) in [5.41, 5.74) is 0.226. The molecule has 2 aliphatic rings. The normalized spacial score (nSPS) is 30.0. The molecule has 4 rings (SSSR count). The Kier molecular flexibility index (Phi) is 2.51. The number of carboxylic acids is 1. The number of aliphatic hydroxyl groups excluding tert-OH is 1. The molecule has 114 valence electrons. The van der Waals surface area contributed by atoms with Crippen LogP contribution in [0.3, 0.4) is 0 Å². The lowest BCUT2D eigenvalue weighted by Gasteiger charge is -2.20. The first-order valence-electron chi connectivity index (χ1n) is 6.51. The molecular weight excluding hydrogens is 296 g/mol. The summed E-state index contributed by atoms with van der Waals surface area (Å²) in [5.74, 6) is -3.60. The maximum Gasteiger partial charge on any atom is 0.351 e. The summed E-state index contributed by atoms with van der Waals surface area (Å²) in [7, 11) is 0. The first-order valence-corrected chi connectivity index (χ1v) is 6.51. The van der Waals surface area contributed by atoms with Crippen LogP contribution in [0.15, 0.2) is 28.4 Å². The molecule has 2 aromatic heterocycles. The zero-order valence-electron chi connectivity index (χ0n) is 10.9. The molecule has 4 heterocycles. The molecule has 0 aromatic carbocycles. The van der Waals surface area contributed by atoms with Crippen LogP contribution < -0.4 is 0 Å². The van der Waals surface area contributed by atoms with Gasteiger partial charge in [-0.25, -0.2) is 4.79 Å². The zero-order chi connectivity index (χ0) is 15.6. The van der Waals surface area contributed by atoms with Crippen LogP contribution in [0.4, 0.5) is 0 Å². The highest BCUT2D eigenvalue weighted by molar-refractivity contribution is 6.03. The molecule has 0 saturated carbocycles. The lowest BCUT2D eigenvalue weighted by molar-refractivity contribution is -0.146. The van der Waals surface area contributed by atoms with E-state index >= 15 is 0 Å². The molecule has 22 heavy (non-hydrogen) atoms. The van der Waals surface area contributed by atoms with Gasteiger partial charge in [-0.3, -0.25) is 4.79 Å². The third-order valence-corrected chi connectivity index (χ3v) is 3.97. The number of phenols is 1. The number of phenolic OH excluding ortho intramolecular Hbond substituents is 1. The lowest BCUT2D eigenvalue weighted by Crippen LogP contribution is -2.37. The summed E-state index contributed by atoms with van der Waals surface area (Å²) in [6.45, 7) is 0. The zero-order valence-corrected chi connectivity index (χ0v) is 10.9. The van der Waals surface area contributed by atoms with Crippen LogP contribution in [-0.2, 0) is 14.3 Å². The summed E-state index contributed by atoms with van der Waals surface area (Å²) in [4.78, 5) is 23.3. The largest absolute Gasteiger partial charge is 0.504 e. The summed E-state index contributed by atoms with van der Waals surface area (Å²) < 4.78 is 15.6. The number of furan rings is 2. The molecule has 8 nitrogen and oxygen atoms in total. The highest BCUT2D eigenvalue weighted by Crippen LogP contribution is 2.41. The number of carboxylic acid groups (broad SMARTS) is 1. The van der Waals surface area contributed by atoms with Gasteiger partial charge in [0.05, 0.1) is 0 Å². The van der Waals surface area contributed by atoms with Crippen LogP contribution in [0, 0.1) is 5.92 Å². The molecule has 2 aromatic rings. The average Bonchev–Trinajstić information content (AvgIpc) is 3.17. The number of hydrogen-bond donors (Lipinski definition) is 3. The molecule has 0 spiro atoms. The van der Waals surface area contributed by atoms with E-state index in [-0.39, 0.29) is 28.2 Å². The van der Waals surface area contributed by atoms with Crippen LogP contribution in [-0.4, -0.2) is 45.6 Å². The number of aliphatic carboxylic acids is 1. The van der Waals surface area contributed by atoms with E-state index in [1.165, 1.54) is 18.2 Å². The fourth-order valence-corrected chi connectivity index (χ4v) is 2.92. The van der Waals surface area contributed by atoms with Gasteiger partial charge in [0.2, 0.25) is 0 Å². The number of ether oxygens (including phenoxy) is 2. The van der Waals surface area contributed by atoms with Gasteiger partial charge in [-0.2, -0.15) is 0 Å². The lowest BCUT2D eigenvalue weighted by atomic mass is 9.90. The van der Waals surface area contributed by atoms with E-state index in [2.05, 4.69) is 0 Å². The van der Waals surface area contributed by atoms with Crippen LogP contribution >= 0.6 is 0 Å². The number of esters is 1. The van der Waals surface area contributed by atoms with Crippen molar-refractivity contribution in [2.24, 2.45) is 5.92 Å². The van der Waals surface area contributed by atoms with E-state index < -0.39 is 36.2 Å². The first-order chi connectivity index (χ1) is 10.5. The van der Waals surface area contributed by atoms with Gasteiger partial charge in [0, 0.05) is 0 Å². The molecule has 1 saturated heterocycles. The summed E-state index contributed by atoms with van der Waals surface area (Å²) in [5, 5.41) is 28.7. The molecule has 4 bridgehead atoms. The van der Waals surface area contributed by atoms with Gasteiger partial charge in [-0.05, 0) is 18.2 Å². The maximum absolute atomic E-state index is 12.1. The molecule has 4 unspecified atom stereocenters. The Morgan fingerprint density at radius 2 is 1.95 bits per heavy atom. The third kappa shape index (κ3) is 1.59.